The van der Waals surface area contributed by atoms with Gasteiger partial charge in [0.25, 0.3) is 0 Å². The molecule has 104 valence electrons. The van der Waals surface area contributed by atoms with Crippen molar-refractivity contribution in [2.45, 2.75) is 64.2 Å². The number of nitrogens with zero attached hydrogens (tertiary/aromatic N) is 1. The van der Waals surface area contributed by atoms with E-state index in [4.69, 9.17) is 0 Å². The zero-order valence-electron chi connectivity index (χ0n) is 11.5. The van der Waals surface area contributed by atoms with Crippen LogP contribution in [0.2, 0.25) is 0 Å². The number of aromatic carboxylic acids is 1. The molecule has 0 fully saturated rings. The van der Waals surface area contributed by atoms with E-state index in [0.29, 0.717) is 5.56 Å². The van der Waals surface area contributed by atoms with Crippen molar-refractivity contribution in [1.82, 2.24) is 4.98 Å². The van der Waals surface area contributed by atoms with Crippen molar-refractivity contribution in [2.75, 3.05) is 0 Å². The average molecular weight is 261 g/mol. The van der Waals surface area contributed by atoms with Gasteiger partial charge >= 0.3 is 5.97 Å². The summed E-state index contributed by atoms with van der Waals surface area (Å²) in [7, 11) is 0. The van der Waals surface area contributed by atoms with Crippen molar-refractivity contribution in [1.29, 1.82) is 0 Å². The van der Waals surface area contributed by atoms with Crippen LogP contribution in [0.3, 0.4) is 0 Å². The standard InChI is InChI=1S/C16H23NO2/c18-16(19)14-11-13-9-7-5-3-1-2-4-6-8-10-15(14)17-12-13/h11-12H,1-10H2,(H,18,19). The Bertz CT molecular complexity index is 429. The second-order valence-electron chi connectivity index (χ2n) is 5.47. The Morgan fingerprint density at radius 2 is 1.53 bits per heavy atom. The number of hydrogen-bond acceptors (Lipinski definition) is 2. The lowest BCUT2D eigenvalue weighted by molar-refractivity contribution is 0.0695. The molecule has 1 N–H and O–H groups in total. The molecular weight excluding hydrogens is 238 g/mol. The Labute approximate surface area is 115 Å². The Morgan fingerprint density at radius 1 is 0.947 bits per heavy atom. The first kappa shape index (κ1) is 14.0. The first-order chi connectivity index (χ1) is 9.27. The molecule has 0 aromatic carbocycles. The topological polar surface area (TPSA) is 50.2 Å². The minimum atomic E-state index is -0.837. The number of rotatable bonds is 1. The molecule has 0 saturated heterocycles. The van der Waals surface area contributed by atoms with E-state index in [2.05, 4.69) is 4.98 Å². The normalized spacial score (nSPS) is 17.9. The van der Waals surface area contributed by atoms with Gasteiger partial charge in [-0.05, 0) is 37.3 Å². The SMILES string of the molecule is O=C(O)c1cc2cnc1CCCCCCCCCC2. The number of aryl methyl sites for hydroxylation is 2. The highest BCUT2D eigenvalue weighted by molar-refractivity contribution is 5.89. The summed E-state index contributed by atoms with van der Waals surface area (Å²) in [4.78, 5) is 15.7. The molecule has 0 radical (unpaired) electrons. The second kappa shape index (κ2) is 7.27. The number of hydrogen-bond donors (Lipinski definition) is 1. The van der Waals surface area contributed by atoms with Crippen molar-refractivity contribution in [2.24, 2.45) is 0 Å². The summed E-state index contributed by atoms with van der Waals surface area (Å²) in [5.74, 6) is -0.837. The fourth-order valence-corrected chi connectivity index (χ4v) is 2.74. The molecule has 2 heterocycles. The van der Waals surface area contributed by atoms with Crippen LogP contribution >= 0.6 is 0 Å². The highest BCUT2D eigenvalue weighted by Crippen LogP contribution is 2.17. The van der Waals surface area contributed by atoms with Crippen molar-refractivity contribution >= 4 is 5.97 Å². The molecule has 1 aromatic heterocycles. The Balaban J connectivity index is 2.15. The molecule has 0 saturated carbocycles. The quantitative estimate of drug-likeness (QED) is 0.831. The van der Waals surface area contributed by atoms with Gasteiger partial charge in [-0.1, -0.05) is 38.5 Å². The molecule has 0 spiro atoms. The summed E-state index contributed by atoms with van der Waals surface area (Å²) in [6.07, 6.45) is 13.5. The Morgan fingerprint density at radius 3 is 2.16 bits per heavy atom. The van der Waals surface area contributed by atoms with E-state index in [1.54, 1.807) is 0 Å². The van der Waals surface area contributed by atoms with Crippen LogP contribution in [-0.2, 0) is 12.8 Å². The molecule has 0 amide bonds. The van der Waals surface area contributed by atoms with Gasteiger partial charge in [0.1, 0.15) is 0 Å². The van der Waals surface area contributed by atoms with Gasteiger partial charge in [-0.15, -0.1) is 0 Å². The molecule has 2 aliphatic rings. The first-order valence-corrected chi connectivity index (χ1v) is 7.48. The number of carbonyl (C=O) groups is 1. The smallest absolute Gasteiger partial charge is 0.337 e. The molecular formula is C16H23NO2. The predicted molar refractivity (Wildman–Crippen MR) is 75.5 cm³/mol. The summed E-state index contributed by atoms with van der Waals surface area (Å²) < 4.78 is 0. The maximum atomic E-state index is 11.3. The minimum Gasteiger partial charge on any atom is -0.478 e. The van der Waals surface area contributed by atoms with Crippen LogP contribution in [0.5, 0.6) is 0 Å². The number of fused-ring (bicyclic) bond motifs is 11. The van der Waals surface area contributed by atoms with Crippen LogP contribution in [-0.4, -0.2) is 16.1 Å². The summed E-state index contributed by atoms with van der Waals surface area (Å²) >= 11 is 0. The Kier molecular flexibility index (Phi) is 5.37. The van der Waals surface area contributed by atoms with Crippen molar-refractivity contribution in [3.05, 3.63) is 29.1 Å². The number of pyridine rings is 1. The third-order valence-electron chi connectivity index (χ3n) is 3.89. The summed E-state index contributed by atoms with van der Waals surface area (Å²) in [6.45, 7) is 0. The lowest BCUT2D eigenvalue weighted by atomic mass is 9.99. The maximum Gasteiger partial charge on any atom is 0.337 e. The van der Waals surface area contributed by atoms with E-state index in [1.807, 2.05) is 12.3 Å². The second-order valence-corrected chi connectivity index (χ2v) is 5.47. The fourth-order valence-electron chi connectivity index (χ4n) is 2.74. The molecule has 1 aliphatic heterocycles. The van der Waals surface area contributed by atoms with E-state index < -0.39 is 5.97 Å². The molecule has 0 unspecified atom stereocenters. The third-order valence-corrected chi connectivity index (χ3v) is 3.89. The molecule has 1 aromatic rings. The number of carboxylic acids is 1. The first-order valence-electron chi connectivity index (χ1n) is 7.48. The molecule has 1 aliphatic carbocycles. The van der Waals surface area contributed by atoms with Crippen LogP contribution < -0.4 is 0 Å². The van der Waals surface area contributed by atoms with Gasteiger partial charge < -0.3 is 5.11 Å². The van der Waals surface area contributed by atoms with E-state index >= 15 is 0 Å². The summed E-state index contributed by atoms with van der Waals surface area (Å²) in [5.41, 5.74) is 2.24. The number of carboxylic acid groups (broad SMARTS) is 1. The van der Waals surface area contributed by atoms with Crippen molar-refractivity contribution < 1.29 is 9.90 Å². The summed E-state index contributed by atoms with van der Waals surface area (Å²) in [6, 6.07) is 1.83. The minimum absolute atomic E-state index is 0.412. The van der Waals surface area contributed by atoms with Crippen molar-refractivity contribution in [3.8, 4) is 0 Å². The average Bonchev–Trinajstić information content (AvgIpc) is 2.41. The van der Waals surface area contributed by atoms with Gasteiger partial charge in [0.05, 0.1) is 11.3 Å². The van der Waals surface area contributed by atoms with Crippen LogP contribution in [0.15, 0.2) is 12.3 Å². The van der Waals surface area contributed by atoms with Gasteiger partial charge in [-0.25, -0.2) is 4.79 Å². The van der Waals surface area contributed by atoms with E-state index in [-0.39, 0.29) is 0 Å². The van der Waals surface area contributed by atoms with Crippen molar-refractivity contribution in [3.63, 3.8) is 0 Å². The number of aromatic nitrogens is 1. The van der Waals surface area contributed by atoms with Crippen LogP contribution in [0, 0.1) is 0 Å². The molecule has 3 rings (SSSR count). The van der Waals surface area contributed by atoms with Crippen LogP contribution in [0.25, 0.3) is 0 Å². The highest BCUT2D eigenvalue weighted by Gasteiger charge is 2.12. The Hall–Kier alpha value is -1.38. The highest BCUT2D eigenvalue weighted by atomic mass is 16.4. The molecule has 2 bridgehead atoms. The largest absolute Gasteiger partial charge is 0.478 e. The molecule has 3 heteroatoms. The third kappa shape index (κ3) is 4.34. The van der Waals surface area contributed by atoms with Gasteiger partial charge in [0.2, 0.25) is 0 Å². The van der Waals surface area contributed by atoms with Gasteiger partial charge in [-0.3, -0.25) is 4.98 Å². The van der Waals surface area contributed by atoms with Crippen LogP contribution in [0.4, 0.5) is 0 Å². The van der Waals surface area contributed by atoms with Crippen LogP contribution in [0.1, 0.15) is 73.0 Å². The summed E-state index contributed by atoms with van der Waals surface area (Å²) in [5, 5.41) is 9.29. The van der Waals surface area contributed by atoms with E-state index in [9.17, 15) is 9.90 Å². The van der Waals surface area contributed by atoms with Gasteiger partial charge in [0.15, 0.2) is 0 Å². The molecule has 19 heavy (non-hydrogen) atoms. The van der Waals surface area contributed by atoms with E-state index in [1.165, 1.54) is 38.5 Å². The van der Waals surface area contributed by atoms with E-state index in [0.717, 1.165) is 36.9 Å². The lowest BCUT2D eigenvalue weighted by Crippen LogP contribution is -2.07. The zero-order chi connectivity index (χ0) is 13.5. The predicted octanol–water partition coefficient (Wildman–Crippen LogP) is 4.00. The molecule has 3 nitrogen and oxygen atoms in total. The molecule has 0 atom stereocenters. The lowest BCUT2D eigenvalue weighted by Gasteiger charge is -2.09. The fraction of sp³-hybridized carbons (Fsp3) is 0.625. The van der Waals surface area contributed by atoms with Gasteiger partial charge in [0, 0.05) is 6.20 Å². The zero-order valence-corrected chi connectivity index (χ0v) is 11.5. The monoisotopic (exact) mass is 261 g/mol. The van der Waals surface area contributed by atoms with Gasteiger partial charge in [-0.2, -0.15) is 0 Å². The maximum absolute atomic E-state index is 11.3.